The highest BCUT2D eigenvalue weighted by Gasteiger charge is 2.44. The summed E-state index contributed by atoms with van der Waals surface area (Å²) in [7, 11) is 0. The molecular weight excluding hydrogens is 513 g/mol. The third-order valence-corrected chi connectivity index (χ3v) is 7.92. The van der Waals surface area contributed by atoms with E-state index in [9.17, 15) is 13.6 Å². The summed E-state index contributed by atoms with van der Waals surface area (Å²) in [6.45, 7) is 1.98. The van der Waals surface area contributed by atoms with E-state index in [1.165, 1.54) is 25.7 Å². The van der Waals surface area contributed by atoms with Gasteiger partial charge in [-0.3, -0.25) is 9.48 Å². The quantitative estimate of drug-likeness (QED) is 0.494. The Balaban J connectivity index is 1.28. The van der Waals surface area contributed by atoms with E-state index < -0.39 is 5.92 Å². The second-order valence-electron chi connectivity index (χ2n) is 9.40. The summed E-state index contributed by atoms with van der Waals surface area (Å²) >= 11 is 2.29. The van der Waals surface area contributed by atoms with Gasteiger partial charge >= 0.3 is 0 Å². The van der Waals surface area contributed by atoms with E-state index >= 15 is 0 Å². The van der Waals surface area contributed by atoms with Crippen LogP contribution in [0.15, 0.2) is 30.6 Å². The topological polar surface area (TPSA) is 50.2 Å². The fourth-order valence-corrected chi connectivity index (χ4v) is 5.42. The molecule has 5 rings (SSSR count). The number of alkyl halides is 2. The first-order chi connectivity index (χ1) is 14.8. The molecule has 1 spiro atoms. The van der Waals surface area contributed by atoms with Crippen LogP contribution >= 0.6 is 22.6 Å². The lowest BCUT2D eigenvalue weighted by Gasteiger charge is -2.35. The van der Waals surface area contributed by atoms with Crippen molar-refractivity contribution in [2.75, 3.05) is 23.3 Å². The summed E-state index contributed by atoms with van der Waals surface area (Å²) in [6.07, 6.45) is 9.06. The molecule has 1 aromatic heterocycles. The van der Waals surface area contributed by atoms with E-state index in [1.807, 2.05) is 12.1 Å². The van der Waals surface area contributed by atoms with Crippen molar-refractivity contribution in [1.82, 2.24) is 9.78 Å². The van der Waals surface area contributed by atoms with Crippen molar-refractivity contribution in [3.63, 3.8) is 0 Å². The van der Waals surface area contributed by atoms with E-state index in [2.05, 4.69) is 44.0 Å². The lowest BCUT2D eigenvalue weighted by atomic mass is 9.92. The monoisotopic (exact) mass is 540 g/mol. The van der Waals surface area contributed by atoms with E-state index in [0.717, 1.165) is 22.3 Å². The first-order valence-electron chi connectivity index (χ1n) is 11.1. The Morgan fingerprint density at radius 2 is 1.81 bits per heavy atom. The van der Waals surface area contributed by atoms with Gasteiger partial charge in [0, 0.05) is 35.7 Å². The van der Waals surface area contributed by atoms with Crippen molar-refractivity contribution in [3.8, 4) is 0 Å². The Hall–Kier alpha value is -1.71. The molecule has 8 heteroatoms. The van der Waals surface area contributed by atoms with Gasteiger partial charge in [0.2, 0.25) is 5.92 Å². The highest BCUT2D eigenvalue weighted by molar-refractivity contribution is 14.1. The maximum absolute atomic E-state index is 13.4. The molecule has 1 saturated heterocycles. The van der Waals surface area contributed by atoms with Gasteiger partial charge in [0.15, 0.2) is 0 Å². The molecule has 5 nitrogen and oxygen atoms in total. The zero-order valence-electron chi connectivity index (χ0n) is 17.4. The zero-order chi connectivity index (χ0) is 21.6. The average Bonchev–Trinajstić information content (AvgIpc) is 3.33. The van der Waals surface area contributed by atoms with Gasteiger partial charge in [-0.15, -0.1) is 0 Å². The minimum atomic E-state index is -2.56. The Labute approximate surface area is 194 Å². The number of rotatable bonds is 4. The second-order valence-corrected chi connectivity index (χ2v) is 10.6. The number of amides is 1. The molecule has 3 fully saturated rings. The Kier molecular flexibility index (Phi) is 5.46. The van der Waals surface area contributed by atoms with Crippen LogP contribution in [0.25, 0.3) is 0 Å². The maximum Gasteiger partial charge on any atom is 0.257 e. The molecule has 0 radical (unpaired) electrons. The lowest BCUT2D eigenvalue weighted by molar-refractivity contribution is -0.0449. The van der Waals surface area contributed by atoms with E-state index in [0.29, 0.717) is 29.5 Å². The van der Waals surface area contributed by atoms with Crippen LogP contribution < -0.4 is 10.2 Å². The second kappa shape index (κ2) is 8.01. The van der Waals surface area contributed by atoms with Gasteiger partial charge in [0.25, 0.3) is 5.91 Å². The summed E-state index contributed by atoms with van der Waals surface area (Å²) < 4.78 is 29.7. The van der Waals surface area contributed by atoms with E-state index in [1.54, 1.807) is 17.1 Å². The molecule has 166 valence electrons. The highest BCUT2D eigenvalue weighted by atomic mass is 127. The van der Waals surface area contributed by atoms with Crippen molar-refractivity contribution < 1.29 is 13.6 Å². The van der Waals surface area contributed by atoms with Crippen LogP contribution in [0, 0.1) is 8.99 Å². The molecule has 2 aliphatic carbocycles. The summed E-state index contributed by atoms with van der Waals surface area (Å²) in [5, 5.41) is 7.29. The third-order valence-electron chi connectivity index (χ3n) is 7.25. The Bertz CT molecular complexity index is 968. The van der Waals surface area contributed by atoms with Crippen LogP contribution in [0.5, 0.6) is 0 Å². The van der Waals surface area contributed by atoms with Crippen molar-refractivity contribution >= 4 is 39.9 Å². The number of hydrogen-bond donors (Lipinski definition) is 1. The van der Waals surface area contributed by atoms with Crippen molar-refractivity contribution in [2.24, 2.45) is 5.41 Å². The molecular formula is C23H27F2IN4O. The molecule has 0 bridgehead atoms. The summed E-state index contributed by atoms with van der Waals surface area (Å²) in [5.74, 6) is -2.72. The van der Waals surface area contributed by atoms with Crippen molar-refractivity contribution in [1.29, 1.82) is 0 Å². The molecule has 1 amide bonds. The van der Waals surface area contributed by atoms with Gasteiger partial charge in [0.05, 0.1) is 29.2 Å². The molecule has 1 aromatic carbocycles. The van der Waals surface area contributed by atoms with Crippen LogP contribution in [0.3, 0.4) is 0 Å². The van der Waals surface area contributed by atoms with Gasteiger partial charge in [-0.2, -0.15) is 5.10 Å². The minimum absolute atomic E-state index is 0.0396. The average molecular weight is 540 g/mol. The Morgan fingerprint density at radius 1 is 1.10 bits per heavy atom. The standard InChI is InChI=1S/C23H27F2IN4O/c24-23(25)5-3-18(4-6-23)30-15-17(14-27-30)28-21(31)19-2-1-16(26)13-20(19)29-11-9-22(7-8-22)10-12-29/h1-2,13-15,18H,3-12H2,(H,28,31). The SMILES string of the molecule is O=C(Nc1cnn(C2CCC(F)(F)CC2)c1)c1ccc(I)cc1N1CCC2(CC1)CC2. The first kappa shape index (κ1) is 21.2. The van der Waals surface area contributed by atoms with E-state index in [4.69, 9.17) is 0 Å². The van der Waals surface area contributed by atoms with E-state index in [-0.39, 0.29) is 24.8 Å². The van der Waals surface area contributed by atoms with Gasteiger partial charge < -0.3 is 10.2 Å². The molecule has 1 N–H and O–H groups in total. The third kappa shape index (κ3) is 4.59. The molecule has 2 aromatic rings. The number of nitrogens with zero attached hydrogens (tertiary/aromatic N) is 3. The van der Waals surface area contributed by atoms with Crippen LogP contribution in [0.2, 0.25) is 0 Å². The number of hydrogen-bond acceptors (Lipinski definition) is 3. The molecule has 2 saturated carbocycles. The van der Waals surface area contributed by atoms with Gasteiger partial charge in [-0.1, -0.05) is 0 Å². The van der Waals surface area contributed by atoms with Gasteiger partial charge in [-0.05, 0) is 84.7 Å². The van der Waals surface area contributed by atoms with Crippen LogP contribution in [0.1, 0.15) is 67.8 Å². The molecule has 3 aliphatic rings. The number of aromatic nitrogens is 2. The zero-order valence-corrected chi connectivity index (χ0v) is 19.6. The molecule has 1 aliphatic heterocycles. The fraction of sp³-hybridized carbons (Fsp3) is 0.565. The van der Waals surface area contributed by atoms with Crippen LogP contribution in [-0.2, 0) is 0 Å². The molecule has 2 heterocycles. The van der Waals surface area contributed by atoms with Crippen LogP contribution in [0.4, 0.5) is 20.2 Å². The Morgan fingerprint density at radius 3 is 2.48 bits per heavy atom. The summed E-state index contributed by atoms with van der Waals surface area (Å²) in [4.78, 5) is 15.5. The first-order valence-corrected chi connectivity index (χ1v) is 12.2. The molecule has 0 atom stereocenters. The van der Waals surface area contributed by atoms with Crippen LogP contribution in [-0.4, -0.2) is 34.7 Å². The van der Waals surface area contributed by atoms with Gasteiger partial charge in [0.1, 0.15) is 0 Å². The largest absolute Gasteiger partial charge is 0.371 e. The number of benzene rings is 1. The number of halogens is 3. The predicted molar refractivity (Wildman–Crippen MR) is 125 cm³/mol. The lowest BCUT2D eigenvalue weighted by Crippen LogP contribution is -2.35. The number of carbonyl (C=O) groups is 1. The molecule has 31 heavy (non-hydrogen) atoms. The number of carbonyl (C=O) groups excluding carboxylic acids is 1. The number of anilines is 2. The maximum atomic E-state index is 13.4. The van der Waals surface area contributed by atoms with Crippen molar-refractivity contribution in [3.05, 3.63) is 39.7 Å². The fourth-order valence-electron chi connectivity index (χ4n) is 4.95. The smallest absolute Gasteiger partial charge is 0.257 e. The highest BCUT2D eigenvalue weighted by Crippen LogP contribution is 2.54. The normalized spacial score (nSPS) is 22.5. The number of piperidine rings is 1. The van der Waals surface area contributed by atoms with Gasteiger partial charge in [-0.25, -0.2) is 8.78 Å². The number of nitrogens with one attached hydrogen (secondary N) is 1. The predicted octanol–water partition coefficient (Wildman–Crippen LogP) is 5.87. The van der Waals surface area contributed by atoms with Crippen molar-refractivity contribution in [2.45, 2.75) is 63.3 Å². The summed E-state index contributed by atoms with van der Waals surface area (Å²) in [5.41, 5.74) is 2.83. The summed E-state index contributed by atoms with van der Waals surface area (Å²) in [6, 6.07) is 5.90. The molecule has 0 unspecified atom stereocenters. The minimum Gasteiger partial charge on any atom is -0.371 e.